The molecule has 2 heteroatoms. The first-order valence-electron chi connectivity index (χ1n) is 7.05. The maximum absolute atomic E-state index is 12.8. The van der Waals surface area contributed by atoms with Crippen molar-refractivity contribution in [1.29, 1.82) is 0 Å². The molecular formula is C16H23NO. The number of rotatable bonds is 5. The van der Waals surface area contributed by atoms with Gasteiger partial charge in [-0.2, -0.15) is 0 Å². The molecule has 0 N–H and O–H groups in total. The first-order chi connectivity index (χ1) is 8.70. The second-order valence-corrected chi connectivity index (χ2v) is 5.12. The standard InChI is InChI=1S/C16H23NO/c1-4-13-12-16(13,14-10-8-7-9-11-14)15(18)17(5-2)6-3/h7-11,13H,4-6,12H2,1-3H3/t13-,16+/m0/s1. The van der Waals surface area contributed by atoms with E-state index in [1.807, 2.05) is 23.1 Å². The molecule has 0 radical (unpaired) electrons. The number of benzene rings is 1. The summed E-state index contributed by atoms with van der Waals surface area (Å²) in [5.41, 5.74) is 0.982. The summed E-state index contributed by atoms with van der Waals surface area (Å²) in [7, 11) is 0. The molecule has 18 heavy (non-hydrogen) atoms. The Morgan fingerprint density at radius 2 is 1.83 bits per heavy atom. The van der Waals surface area contributed by atoms with E-state index < -0.39 is 0 Å². The zero-order chi connectivity index (χ0) is 13.2. The molecule has 0 unspecified atom stereocenters. The molecule has 2 nitrogen and oxygen atoms in total. The van der Waals surface area contributed by atoms with E-state index in [1.165, 1.54) is 5.56 Å². The summed E-state index contributed by atoms with van der Waals surface area (Å²) in [6.45, 7) is 7.92. The molecule has 2 rings (SSSR count). The average Bonchev–Trinajstić information content (AvgIpc) is 3.17. The Balaban J connectivity index is 2.32. The molecule has 0 aromatic heterocycles. The van der Waals surface area contributed by atoms with Gasteiger partial charge in [-0.05, 0) is 31.7 Å². The zero-order valence-corrected chi connectivity index (χ0v) is 11.6. The normalized spacial score (nSPS) is 25.8. The molecule has 0 aliphatic heterocycles. The van der Waals surface area contributed by atoms with Gasteiger partial charge in [0.15, 0.2) is 0 Å². The summed E-state index contributed by atoms with van der Waals surface area (Å²) in [5.74, 6) is 0.846. The van der Waals surface area contributed by atoms with Crippen LogP contribution in [0.15, 0.2) is 30.3 Å². The summed E-state index contributed by atoms with van der Waals surface area (Å²) in [6.07, 6.45) is 2.10. The van der Waals surface area contributed by atoms with Crippen LogP contribution in [-0.2, 0) is 10.2 Å². The molecule has 0 heterocycles. The highest BCUT2D eigenvalue weighted by Crippen LogP contribution is 2.57. The first-order valence-corrected chi connectivity index (χ1v) is 7.05. The van der Waals surface area contributed by atoms with Crippen LogP contribution in [0.2, 0.25) is 0 Å². The molecule has 0 spiro atoms. The summed E-state index contributed by atoms with van der Waals surface area (Å²) in [5, 5.41) is 0. The summed E-state index contributed by atoms with van der Waals surface area (Å²) >= 11 is 0. The van der Waals surface area contributed by atoms with Crippen LogP contribution < -0.4 is 0 Å². The summed E-state index contributed by atoms with van der Waals surface area (Å²) in [6, 6.07) is 10.3. The Hall–Kier alpha value is -1.31. The highest BCUT2D eigenvalue weighted by atomic mass is 16.2. The molecule has 1 aromatic carbocycles. The maximum Gasteiger partial charge on any atom is 0.233 e. The lowest BCUT2D eigenvalue weighted by atomic mass is 9.90. The van der Waals surface area contributed by atoms with Crippen molar-refractivity contribution in [1.82, 2.24) is 4.90 Å². The van der Waals surface area contributed by atoms with E-state index >= 15 is 0 Å². The molecular weight excluding hydrogens is 222 g/mol. The number of carbonyl (C=O) groups excluding carboxylic acids is 1. The smallest absolute Gasteiger partial charge is 0.233 e. The first kappa shape index (κ1) is 13.1. The number of hydrogen-bond donors (Lipinski definition) is 0. The van der Waals surface area contributed by atoms with Gasteiger partial charge in [-0.15, -0.1) is 0 Å². The lowest BCUT2D eigenvalue weighted by molar-refractivity contribution is -0.134. The van der Waals surface area contributed by atoms with Crippen LogP contribution in [0, 0.1) is 5.92 Å². The van der Waals surface area contributed by atoms with E-state index in [-0.39, 0.29) is 5.41 Å². The number of carbonyl (C=O) groups is 1. The maximum atomic E-state index is 12.8. The van der Waals surface area contributed by atoms with E-state index in [0.29, 0.717) is 11.8 Å². The van der Waals surface area contributed by atoms with Crippen molar-refractivity contribution < 1.29 is 4.79 Å². The summed E-state index contributed by atoms with van der Waals surface area (Å²) < 4.78 is 0. The van der Waals surface area contributed by atoms with Crippen LogP contribution in [0.4, 0.5) is 0 Å². The Morgan fingerprint density at radius 1 is 1.22 bits per heavy atom. The van der Waals surface area contributed by atoms with Gasteiger partial charge >= 0.3 is 0 Å². The van der Waals surface area contributed by atoms with Crippen molar-refractivity contribution in [3.05, 3.63) is 35.9 Å². The van der Waals surface area contributed by atoms with Gasteiger partial charge in [-0.25, -0.2) is 0 Å². The largest absolute Gasteiger partial charge is 0.342 e. The van der Waals surface area contributed by atoms with Crippen molar-refractivity contribution >= 4 is 5.91 Å². The van der Waals surface area contributed by atoms with E-state index in [4.69, 9.17) is 0 Å². The minimum absolute atomic E-state index is 0.220. The van der Waals surface area contributed by atoms with Crippen LogP contribution in [0.1, 0.15) is 39.2 Å². The van der Waals surface area contributed by atoms with Crippen molar-refractivity contribution in [2.24, 2.45) is 5.92 Å². The topological polar surface area (TPSA) is 20.3 Å². The second-order valence-electron chi connectivity index (χ2n) is 5.12. The Labute approximate surface area is 110 Å². The summed E-state index contributed by atoms with van der Waals surface area (Å²) in [4.78, 5) is 14.8. The third kappa shape index (κ3) is 1.94. The monoisotopic (exact) mass is 245 g/mol. The molecule has 0 saturated heterocycles. The highest BCUT2D eigenvalue weighted by Gasteiger charge is 2.60. The van der Waals surface area contributed by atoms with E-state index in [0.717, 1.165) is 25.9 Å². The second kappa shape index (κ2) is 5.13. The van der Waals surface area contributed by atoms with Crippen molar-refractivity contribution in [3.63, 3.8) is 0 Å². The third-order valence-electron chi connectivity index (χ3n) is 4.32. The van der Waals surface area contributed by atoms with Crippen LogP contribution in [-0.4, -0.2) is 23.9 Å². The Morgan fingerprint density at radius 3 is 2.28 bits per heavy atom. The van der Waals surface area contributed by atoms with Gasteiger partial charge < -0.3 is 4.90 Å². The van der Waals surface area contributed by atoms with Gasteiger partial charge in [0.25, 0.3) is 0 Å². The Kier molecular flexibility index (Phi) is 3.74. The van der Waals surface area contributed by atoms with Crippen LogP contribution in [0.5, 0.6) is 0 Å². The van der Waals surface area contributed by atoms with Gasteiger partial charge in [0.05, 0.1) is 5.41 Å². The molecule has 1 fully saturated rings. The number of nitrogens with zero attached hydrogens (tertiary/aromatic N) is 1. The van der Waals surface area contributed by atoms with Gasteiger partial charge in [0, 0.05) is 13.1 Å². The number of hydrogen-bond acceptors (Lipinski definition) is 1. The van der Waals surface area contributed by atoms with Crippen molar-refractivity contribution in [3.8, 4) is 0 Å². The quantitative estimate of drug-likeness (QED) is 0.780. The molecule has 98 valence electrons. The fourth-order valence-corrected chi connectivity index (χ4v) is 3.09. The average molecular weight is 245 g/mol. The molecule has 0 bridgehead atoms. The predicted molar refractivity (Wildman–Crippen MR) is 74.4 cm³/mol. The van der Waals surface area contributed by atoms with Gasteiger partial charge in [0.1, 0.15) is 0 Å². The van der Waals surface area contributed by atoms with Gasteiger partial charge in [-0.3, -0.25) is 4.79 Å². The molecule has 1 amide bonds. The Bertz CT molecular complexity index is 410. The highest BCUT2D eigenvalue weighted by molar-refractivity contribution is 5.92. The van der Waals surface area contributed by atoms with Gasteiger partial charge in [0.2, 0.25) is 5.91 Å². The predicted octanol–water partition coefficient (Wildman–Crippen LogP) is 3.22. The number of amides is 1. The van der Waals surface area contributed by atoms with Gasteiger partial charge in [-0.1, -0.05) is 43.7 Å². The fraction of sp³-hybridized carbons (Fsp3) is 0.562. The lowest BCUT2D eigenvalue weighted by Gasteiger charge is -2.26. The van der Waals surface area contributed by atoms with Crippen molar-refractivity contribution in [2.45, 2.75) is 39.0 Å². The molecule has 1 aromatic rings. The minimum atomic E-state index is -0.220. The molecule has 1 aliphatic carbocycles. The van der Waals surface area contributed by atoms with E-state index in [2.05, 4.69) is 32.9 Å². The molecule has 1 saturated carbocycles. The zero-order valence-electron chi connectivity index (χ0n) is 11.6. The fourth-order valence-electron chi connectivity index (χ4n) is 3.09. The van der Waals surface area contributed by atoms with Crippen LogP contribution in [0.3, 0.4) is 0 Å². The minimum Gasteiger partial charge on any atom is -0.342 e. The third-order valence-corrected chi connectivity index (χ3v) is 4.32. The van der Waals surface area contributed by atoms with Crippen molar-refractivity contribution in [2.75, 3.05) is 13.1 Å². The van der Waals surface area contributed by atoms with Crippen LogP contribution in [0.25, 0.3) is 0 Å². The van der Waals surface area contributed by atoms with E-state index in [9.17, 15) is 4.79 Å². The SMILES string of the molecule is CC[C@H]1C[C@]1(C(=O)N(CC)CC)c1ccccc1. The lowest BCUT2D eigenvalue weighted by Crippen LogP contribution is -2.40. The van der Waals surface area contributed by atoms with Crippen LogP contribution >= 0.6 is 0 Å². The van der Waals surface area contributed by atoms with E-state index in [1.54, 1.807) is 0 Å². The number of likely N-dealkylation sites (N-methyl/N-ethyl adjacent to an activating group) is 1. The molecule has 1 aliphatic rings. The molecule has 2 atom stereocenters.